The van der Waals surface area contributed by atoms with Crippen molar-refractivity contribution < 1.29 is 29.7 Å². The maximum atomic E-state index is 13.4. The maximum Gasteiger partial charge on any atom is 0.335 e. The third-order valence-electron chi connectivity index (χ3n) is 8.40. The van der Waals surface area contributed by atoms with Crippen LogP contribution in [0.4, 0.5) is 5.69 Å². The largest absolute Gasteiger partial charge is 0.494 e. The highest BCUT2D eigenvalue weighted by Gasteiger charge is 2.30. The second-order valence-corrected chi connectivity index (χ2v) is 11.3. The zero-order valence-corrected chi connectivity index (χ0v) is 26.6. The molecule has 0 aliphatic carbocycles. The SMILES string of the molecule is Cc1c(C=CC=CC=c2c(C)c3c(n(C)c2=O)=NN(c2ccc(C(=O)O)cc2)C3=O)c(O)n(C)c2nn(-c3ccc(C(=O)O)cc3)c(=O)c1-2. The van der Waals surface area contributed by atoms with Gasteiger partial charge in [-0.3, -0.25) is 23.5 Å². The number of aromatic nitrogens is 4. The number of allylic oxidation sites excluding steroid dienone is 3. The number of carbonyl (C=O) groups excluding carboxylic acids is 1. The lowest BCUT2D eigenvalue weighted by Gasteiger charge is -2.13. The minimum absolute atomic E-state index is 0.0577. The van der Waals surface area contributed by atoms with E-state index in [0.717, 1.165) is 9.69 Å². The van der Waals surface area contributed by atoms with Crippen LogP contribution in [0.15, 0.2) is 81.4 Å². The van der Waals surface area contributed by atoms with Gasteiger partial charge in [0.05, 0.1) is 33.6 Å². The molecule has 0 saturated carbocycles. The second kappa shape index (κ2) is 12.1. The van der Waals surface area contributed by atoms with E-state index in [2.05, 4.69) is 10.2 Å². The van der Waals surface area contributed by atoms with Crippen molar-refractivity contribution in [3.63, 3.8) is 0 Å². The van der Waals surface area contributed by atoms with Gasteiger partial charge in [-0.25, -0.2) is 9.59 Å². The summed E-state index contributed by atoms with van der Waals surface area (Å²) in [6.45, 7) is 3.33. The molecule has 0 bridgehead atoms. The summed E-state index contributed by atoms with van der Waals surface area (Å²) in [5.74, 6) is -2.56. The minimum Gasteiger partial charge on any atom is -0.494 e. The lowest BCUT2D eigenvalue weighted by molar-refractivity contribution is 0.0686. The van der Waals surface area contributed by atoms with Crippen molar-refractivity contribution in [1.82, 2.24) is 18.9 Å². The van der Waals surface area contributed by atoms with Crippen LogP contribution in [0.25, 0.3) is 29.2 Å². The van der Waals surface area contributed by atoms with E-state index in [1.54, 1.807) is 51.3 Å². The predicted molar refractivity (Wildman–Crippen MR) is 179 cm³/mol. The maximum absolute atomic E-state index is 13.4. The average molecular weight is 661 g/mol. The molecule has 0 unspecified atom stereocenters. The molecule has 2 aromatic carbocycles. The number of carbonyl (C=O) groups is 3. The van der Waals surface area contributed by atoms with Crippen molar-refractivity contribution in [1.29, 1.82) is 0 Å². The standard InChI is InChI=1S/C35H28N6O8/c1-18-24(30(42)38(3)28-26(18)32(44)40(36-28)22-14-10-20(11-15-22)34(46)47)8-6-5-7-9-25-19(2)27-29(39(4)31(25)43)37-41(33(27)45)23-16-12-21(13-17-23)35(48)49/h5-17,42H,1-4H3,(H,46,47)(H,48,49). The number of aromatic hydroxyl groups is 1. The Morgan fingerprint density at radius 2 is 1.33 bits per heavy atom. The summed E-state index contributed by atoms with van der Waals surface area (Å²) < 4.78 is 3.81. The smallest absolute Gasteiger partial charge is 0.335 e. The zero-order chi connectivity index (χ0) is 35.3. The van der Waals surface area contributed by atoms with Gasteiger partial charge in [-0.05, 0) is 85.7 Å². The van der Waals surface area contributed by atoms with Gasteiger partial charge in [0.2, 0.25) is 0 Å². The molecule has 1 amide bonds. The summed E-state index contributed by atoms with van der Waals surface area (Å²) in [6.07, 6.45) is 8.03. The van der Waals surface area contributed by atoms with Crippen LogP contribution in [-0.4, -0.2) is 52.1 Å². The third kappa shape index (κ3) is 5.30. The van der Waals surface area contributed by atoms with Crippen LogP contribution in [0.1, 0.15) is 47.8 Å². The van der Waals surface area contributed by atoms with Crippen molar-refractivity contribution in [3.05, 3.63) is 132 Å². The molecular formula is C35H28N6O8. The number of fused-ring (bicyclic) bond motifs is 2. The van der Waals surface area contributed by atoms with Crippen LogP contribution < -0.4 is 26.8 Å². The molecule has 3 aliphatic rings. The Labute approximate surface area is 276 Å². The molecule has 14 nitrogen and oxygen atoms in total. The number of rotatable bonds is 7. The van der Waals surface area contributed by atoms with Crippen LogP contribution in [0, 0.1) is 13.8 Å². The van der Waals surface area contributed by atoms with E-state index < -0.39 is 23.4 Å². The summed E-state index contributed by atoms with van der Waals surface area (Å²) in [7, 11) is 3.07. The van der Waals surface area contributed by atoms with Gasteiger partial charge in [-0.1, -0.05) is 18.2 Å². The molecule has 0 fully saturated rings. The fourth-order valence-electron chi connectivity index (χ4n) is 5.67. The first kappa shape index (κ1) is 32.1. The second-order valence-electron chi connectivity index (χ2n) is 11.3. The number of benzene rings is 2. The fraction of sp³-hybridized carbons (Fsp3) is 0.114. The molecule has 6 rings (SSSR count). The summed E-state index contributed by atoms with van der Waals surface area (Å²) in [5, 5.41) is 39.5. The van der Waals surface area contributed by atoms with Crippen molar-refractivity contribution in [2.45, 2.75) is 13.8 Å². The molecule has 246 valence electrons. The lowest BCUT2D eigenvalue weighted by Crippen LogP contribution is -2.44. The highest BCUT2D eigenvalue weighted by molar-refractivity contribution is 6.08. The highest BCUT2D eigenvalue weighted by atomic mass is 16.4. The molecule has 0 atom stereocenters. The van der Waals surface area contributed by atoms with E-state index in [-0.39, 0.29) is 50.2 Å². The third-order valence-corrected chi connectivity index (χ3v) is 8.40. The van der Waals surface area contributed by atoms with Gasteiger partial charge >= 0.3 is 11.9 Å². The van der Waals surface area contributed by atoms with Crippen LogP contribution >= 0.6 is 0 Å². The van der Waals surface area contributed by atoms with Crippen molar-refractivity contribution in [2.24, 2.45) is 19.2 Å². The molecule has 3 N–H and O–H groups in total. The number of carboxylic acids is 2. The fourth-order valence-corrected chi connectivity index (χ4v) is 5.67. The van der Waals surface area contributed by atoms with Crippen LogP contribution in [0.5, 0.6) is 5.88 Å². The van der Waals surface area contributed by atoms with Gasteiger partial charge < -0.3 is 15.3 Å². The number of hydrogen-bond donors (Lipinski definition) is 3. The number of pyridine rings is 2. The number of carboxylic acid groups (broad SMARTS) is 2. The van der Waals surface area contributed by atoms with Crippen LogP contribution in [-0.2, 0) is 14.1 Å². The first-order chi connectivity index (χ1) is 23.3. The van der Waals surface area contributed by atoms with Gasteiger partial charge in [-0.15, -0.1) is 10.2 Å². The first-order valence-electron chi connectivity index (χ1n) is 14.8. The normalized spacial score (nSPS) is 13.2. The van der Waals surface area contributed by atoms with Gasteiger partial charge in [0.1, 0.15) is 0 Å². The zero-order valence-electron chi connectivity index (χ0n) is 26.6. The molecule has 3 aromatic rings. The number of hydrogen-bond acceptors (Lipinski definition) is 8. The van der Waals surface area contributed by atoms with Crippen molar-refractivity contribution in [2.75, 3.05) is 5.01 Å². The van der Waals surface area contributed by atoms with Crippen LogP contribution in [0.2, 0.25) is 0 Å². The Bertz CT molecular complexity index is 2500. The topological polar surface area (TPSA) is 189 Å². The molecule has 1 aromatic heterocycles. The molecular weight excluding hydrogens is 632 g/mol. The number of nitrogens with zero attached hydrogens (tertiary/aromatic N) is 6. The average Bonchev–Trinajstić information content (AvgIpc) is 3.62. The molecule has 0 saturated heterocycles. The molecule has 14 heteroatoms. The quantitative estimate of drug-likeness (QED) is 0.220. The highest BCUT2D eigenvalue weighted by Crippen LogP contribution is 2.32. The Kier molecular flexibility index (Phi) is 7.92. The molecule has 0 spiro atoms. The van der Waals surface area contributed by atoms with Gasteiger partial charge in [0.15, 0.2) is 17.2 Å². The van der Waals surface area contributed by atoms with E-state index in [4.69, 9.17) is 0 Å². The lowest BCUT2D eigenvalue weighted by atomic mass is 10.0. The number of amides is 1. The Hall–Kier alpha value is -6.83. The summed E-state index contributed by atoms with van der Waals surface area (Å²) in [6, 6.07) is 11.4. The van der Waals surface area contributed by atoms with Gasteiger partial charge in [-0.2, -0.15) is 9.69 Å². The van der Waals surface area contributed by atoms with E-state index >= 15 is 0 Å². The summed E-state index contributed by atoms with van der Waals surface area (Å²) in [5.41, 5.74) is 1.99. The van der Waals surface area contributed by atoms with Crippen molar-refractivity contribution >= 4 is 35.7 Å². The van der Waals surface area contributed by atoms with Gasteiger partial charge in [0.25, 0.3) is 17.0 Å². The molecule has 4 heterocycles. The number of anilines is 1. The monoisotopic (exact) mass is 660 g/mol. The molecule has 3 aliphatic heterocycles. The van der Waals surface area contributed by atoms with Gasteiger partial charge in [0, 0.05) is 24.9 Å². The van der Waals surface area contributed by atoms with E-state index in [0.29, 0.717) is 28.1 Å². The van der Waals surface area contributed by atoms with E-state index in [1.165, 1.54) is 64.7 Å². The van der Waals surface area contributed by atoms with Crippen LogP contribution in [0.3, 0.4) is 0 Å². The summed E-state index contributed by atoms with van der Waals surface area (Å²) in [4.78, 5) is 62.5. The Balaban J connectivity index is 1.31. The van der Waals surface area contributed by atoms with Crippen molar-refractivity contribution in [3.8, 4) is 23.0 Å². The Morgan fingerprint density at radius 1 is 0.735 bits per heavy atom. The van der Waals surface area contributed by atoms with E-state index in [1.807, 2.05) is 0 Å². The predicted octanol–water partition coefficient (Wildman–Crippen LogP) is 2.34. The Morgan fingerprint density at radius 3 is 1.92 bits per heavy atom. The molecule has 0 radical (unpaired) electrons. The van der Waals surface area contributed by atoms with E-state index in [9.17, 15) is 39.3 Å². The minimum atomic E-state index is -1.10. The first-order valence-corrected chi connectivity index (χ1v) is 14.8. The number of aromatic carboxylic acids is 2. The molecule has 49 heavy (non-hydrogen) atoms. The summed E-state index contributed by atoms with van der Waals surface area (Å²) >= 11 is 0.